The lowest BCUT2D eigenvalue weighted by molar-refractivity contribution is 0.0937. The highest BCUT2D eigenvalue weighted by molar-refractivity contribution is 5.96. The van der Waals surface area contributed by atoms with Gasteiger partial charge in [0.25, 0.3) is 5.91 Å². The second kappa shape index (κ2) is 6.03. The fraction of sp³-hybridized carbons (Fsp3) is 0.333. The summed E-state index contributed by atoms with van der Waals surface area (Å²) in [5.74, 6) is -1.70. The zero-order valence-corrected chi connectivity index (χ0v) is 12.0. The molecular formula is C15H16F2N2O2. The molecule has 1 atom stereocenters. The summed E-state index contributed by atoms with van der Waals surface area (Å²) in [6, 6.07) is 3.08. The number of halogens is 2. The molecule has 1 aromatic heterocycles. The molecule has 0 spiro atoms. The fourth-order valence-corrected chi connectivity index (χ4v) is 2.08. The number of benzene rings is 1. The molecule has 0 aliphatic heterocycles. The van der Waals surface area contributed by atoms with E-state index in [1.165, 1.54) is 6.07 Å². The summed E-state index contributed by atoms with van der Waals surface area (Å²) in [6.45, 7) is 5.23. The Labute approximate surface area is 121 Å². The van der Waals surface area contributed by atoms with Gasteiger partial charge in [-0.15, -0.1) is 0 Å². The lowest BCUT2D eigenvalue weighted by atomic mass is 10.1. The highest BCUT2D eigenvalue weighted by atomic mass is 19.2. The van der Waals surface area contributed by atoms with Crippen LogP contribution < -0.4 is 5.32 Å². The first-order valence-electron chi connectivity index (χ1n) is 6.65. The highest BCUT2D eigenvalue weighted by Gasteiger charge is 2.21. The maximum atomic E-state index is 13.2. The van der Waals surface area contributed by atoms with Gasteiger partial charge in [-0.05, 0) is 31.5 Å². The summed E-state index contributed by atoms with van der Waals surface area (Å²) in [7, 11) is 0. The SMILES string of the molecule is CCc1onc(C)c1C(=O)NC(C)c1ccc(F)c(F)c1. The van der Waals surface area contributed by atoms with Gasteiger partial charge < -0.3 is 9.84 Å². The minimum Gasteiger partial charge on any atom is -0.360 e. The maximum absolute atomic E-state index is 13.2. The van der Waals surface area contributed by atoms with E-state index in [0.29, 0.717) is 29.0 Å². The molecule has 0 radical (unpaired) electrons. The van der Waals surface area contributed by atoms with Gasteiger partial charge in [-0.1, -0.05) is 18.1 Å². The van der Waals surface area contributed by atoms with Crippen molar-refractivity contribution in [1.29, 1.82) is 0 Å². The van der Waals surface area contributed by atoms with Crippen molar-refractivity contribution in [2.24, 2.45) is 0 Å². The van der Waals surface area contributed by atoms with Crippen molar-refractivity contribution in [3.05, 3.63) is 52.4 Å². The van der Waals surface area contributed by atoms with Gasteiger partial charge >= 0.3 is 0 Å². The molecule has 1 unspecified atom stereocenters. The number of hydrogen-bond donors (Lipinski definition) is 1. The van der Waals surface area contributed by atoms with Gasteiger partial charge in [0, 0.05) is 6.42 Å². The number of nitrogens with zero attached hydrogens (tertiary/aromatic N) is 1. The molecule has 0 saturated carbocycles. The first kappa shape index (κ1) is 15.2. The standard InChI is InChI=1S/C15H16F2N2O2/c1-4-13-14(9(3)19-21-13)15(20)18-8(2)10-5-6-11(16)12(17)7-10/h5-8H,4H2,1-3H3,(H,18,20). The van der Waals surface area contributed by atoms with E-state index in [-0.39, 0.29) is 5.91 Å². The lowest BCUT2D eigenvalue weighted by Gasteiger charge is -2.14. The smallest absolute Gasteiger partial charge is 0.257 e. The van der Waals surface area contributed by atoms with Crippen LogP contribution >= 0.6 is 0 Å². The normalized spacial score (nSPS) is 12.2. The molecule has 21 heavy (non-hydrogen) atoms. The first-order valence-corrected chi connectivity index (χ1v) is 6.65. The molecule has 4 nitrogen and oxygen atoms in total. The van der Waals surface area contributed by atoms with Gasteiger partial charge in [0.05, 0.1) is 11.7 Å². The van der Waals surface area contributed by atoms with Gasteiger partial charge in [0.2, 0.25) is 0 Å². The number of aryl methyl sites for hydroxylation is 2. The van der Waals surface area contributed by atoms with Crippen LogP contribution in [0, 0.1) is 18.6 Å². The van der Waals surface area contributed by atoms with Gasteiger partial charge in [-0.2, -0.15) is 0 Å². The van der Waals surface area contributed by atoms with Crippen LogP contribution in [-0.4, -0.2) is 11.1 Å². The van der Waals surface area contributed by atoms with Crippen molar-refractivity contribution in [2.75, 3.05) is 0 Å². The summed E-state index contributed by atoms with van der Waals surface area (Å²) < 4.78 is 31.2. The molecule has 0 fully saturated rings. The molecule has 2 aromatic rings. The average Bonchev–Trinajstić information content (AvgIpc) is 2.82. The third kappa shape index (κ3) is 3.09. The monoisotopic (exact) mass is 294 g/mol. The Hall–Kier alpha value is -2.24. The topological polar surface area (TPSA) is 55.1 Å². The number of carbonyl (C=O) groups excluding carboxylic acids is 1. The van der Waals surface area contributed by atoms with Crippen molar-refractivity contribution in [1.82, 2.24) is 10.5 Å². The second-order valence-corrected chi connectivity index (χ2v) is 4.79. The molecule has 1 heterocycles. The van der Waals surface area contributed by atoms with E-state index in [2.05, 4.69) is 10.5 Å². The first-order chi connectivity index (χ1) is 9.93. The van der Waals surface area contributed by atoms with Gasteiger partial charge in [-0.3, -0.25) is 4.79 Å². The fourth-order valence-electron chi connectivity index (χ4n) is 2.08. The maximum Gasteiger partial charge on any atom is 0.257 e. The number of rotatable bonds is 4. The van der Waals surface area contributed by atoms with E-state index in [4.69, 9.17) is 4.52 Å². The van der Waals surface area contributed by atoms with E-state index >= 15 is 0 Å². The van der Waals surface area contributed by atoms with Crippen molar-refractivity contribution in [3.63, 3.8) is 0 Å². The molecular weight excluding hydrogens is 278 g/mol. The Morgan fingerprint density at radius 3 is 2.71 bits per heavy atom. The number of amides is 1. The van der Waals surface area contributed by atoms with Crippen LogP contribution in [0.3, 0.4) is 0 Å². The molecule has 0 saturated heterocycles. The van der Waals surface area contributed by atoms with Crippen molar-refractivity contribution in [3.8, 4) is 0 Å². The third-order valence-electron chi connectivity index (χ3n) is 3.27. The second-order valence-electron chi connectivity index (χ2n) is 4.79. The number of aromatic nitrogens is 1. The van der Waals surface area contributed by atoms with Gasteiger partial charge in [0.1, 0.15) is 11.3 Å². The highest BCUT2D eigenvalue weighted by Crippen LogP contribution is 2.19. The van der Waals surface area contributed by atoms with E-state index in [1.54, 1.807) is 13.8 Å². The van der Waals surface area contributed by atoms with E-state index in [0.717, 1.165) is 12.1 Å². The minimum absolute atomic E-state index is 0.345. The Kier molecular flexibility index (Phi) is 4.35. The number of hydrogen-bond acceptors (Lipinski definition) is 3. The number of nitrogens with one attached hydrogen (secondary N) is 1. The molecule has 0 aliphatic rings. The summed E-state index contributed by atoms with van der Waals surface area (Å²) in [5.41, 5.74) is 1.38. The van der Waals surface area contributed by atoms with Crippen LogP contribution in [0.2, 0.25) is 0 Å². The summed E-state index contributed by atoms with van der Waals surface area (Å²) in [4.78, 5) is 12.3. The largest absolute Gasteiger partial charge is 0.360 e. The summed E-state index contributed by atoms with van der Waals surface area (Å²) in [5, 5.41) is 6.50. The van der Waals surface area contributed by atoms with Crippen molar-refractivity contribution >= 4 is 5.91 Å². The zero-order chi connectivity index (χ0) is 15.6. The van der Waals surface area contributed by atoms with E-state index in [1.807, 2.05) is 6.92 Å². The minimum atomic E-state index is -0.941. The lowest BCUT2D eigenvalue weighted by Crippen LogP contribution is -2.27. The molecule has 1 N–H and O–H groups in total. The van der Waals surface area contributed by atoms with Crippen LogP contribution in [0.1, 0.15) is 47.3 Å². The van der Waals surface area contributed by atoms with E-state index in [9.17, 15) is 13.6 Å². The molecule has 6 heteroatoms. The van der Waals surface area contributed by atoms with Crippen LogP contribution in [0.5, 0.6) is 0 Å². The Bertz CT molecular complexity index is 668. The van der Waals surface area contributed by atoms with Crippen molar-refractivity contribution < 1.29 is 18.1 Å². The van der Waals surface area contributed by atoms with Gasteiger partial charge in [-0.25, -0.2) is 8.78 Å². The zero-order valence-electron chi connectivity index (χ0n) is 12.0. The van der Waals surface area contributed by atoms with Gasteiger partial charge in [0.15, 0.2) is 11.6 Å². The van der Waals surface area contributed by atoms with Crippen molar-refractivity contribution in [2.45, 2.75) is 33.2 Å². The molecule has 0 aliphatic carbocycles. The average molecular weight is 294 g/mol. The molecule has 0 bridgehead atoms. The predicted octanol–water partition coefficient (Wildman–Crippen LogP) is 3.31. The van der Waals surface area contributed by atoms with Crippen LogP contribution in [0.15, 0.2) is 22.7 Å². The molecule has 112 valence electrons. The quantitative estimate of drug-likeness (QED) is 0.941. The van der Waals surface area contributed by atoms with E-state index < -0.39 is 17.7 Å². The number of carbonyl (C=O) groups is 1. The molecule has 1 aromatic carbocycles. The Balaban J connectivity index is 2.18. The summed E-state index contributed by atoms with van der Waals surface area (Å²) >= 11 is 0. The summed E-state index contributed by atoms with van der Waals surface area (Å²) in [6.07, 6.45) is 0.545. The third-order valence-corrected chi connectivity index (χ3v) is 3.27. The Morgan fingerprint density at radius 1 is 1.38 bits per heavy atom. The molecule has 2 rings (SSSR count). The Morgan fingerprint density at radius 2 is 2.10 bits per heavy atom. The van der Waals surface area contributed by atoms with Crippen LogP contribution in [-0.2, 0) is 6.42 Å². The molecule has 1 amide bonds. The van der Waals surface area contributed by atoms with Crippen LogP contribution in [0.25, 0.3) is 0 Å². The predicted molar refractivity (Wildman–Crippen MR) is 72.9 cm³/mol. The van der Waals surface area contributed by atoms with Crippen LogP contribution in [0.4, 0.5) is 8.78 Å².